The summed E-state index contributed by atoms with van der Waals surface area (Å²) in [5.74, 6) is 2.60. The Labute approximate surface area is 171 Å². The predicted octanol–water partition coefficient (Wildman–Crippen LogP) is 2.09. The molecule has 1 aromatic rings. The highest BCUT2D eigenvalue weighted by atomic mass is 16.5. The Morgan fingerprint density at radius 2 is 2.07 bits per heavy atom. The number of rotatable bonds is 3. The van der Waals surface area contributed by atoms with E-state index in [0.29, 0.717) is 30.0 Å². The van der Waals surface area contributed by atoms with Crippen molar-refractivity contribution in [2.45, 2.75) is 43.2 Å². The highest BCUT2D eigenvalue weighted by Crippen LogP contribution is 2.66. The number of fused-ring (bicyclic) bond motifs is 4. The molecular weight excluding hydrogens is 368 g/mol. The summed E-state index contributed by atoms with van der Waals surface area (Å²) in [5.41, 5.74) is 3.67. The summed E-state index contributed by atoms with van der Waals surface area (Å²) < 4.78 is 11.2. The van der Waals surface area contributed by atoms with Crippen LogP contribution in [-0.4, -0.2) is 61.9 Å². The quantitative estimate of drug-likeness (QED) is 0.793. The van der Waals surface area contributed by atoms with Crippen LogP contribution in [0.2, 0.25) is 0 Å². The fourth-order valence-corrected chi connectivity index (χ4v) is 7.54. The maximum Gasteiger partial charge on any atom is 0.227 e. The Hall–Kier alpha value is -2.05. The molecule has 4 fully saturated rings. The lowest BCUT2D eigenvalue weighted by molar-refractivity contribution is -0.123. The summed E-state index contributed by atoms with van der Waals surface area (Å²) in [4.78, 5) is 17.9. The maximum absolute atomic E-state index is 13.2. The number of carbonyl (C=O) groups excluding carboxylic acids is 1. The molecule has 5 aliphatic rings. The van der Waals surface area contributed by atoms with E-state index < -0.39 is 0 Å². The van der Waals surface area contributed by atoms with Crippen molar-refractivity contribution in [1.29, 1.82) is 0 Å². The molecule has 1 amide bonds. The van der Waals surface area contributed by atoms with E-state index in [4.69, 9.17) is 9.47 Å². The van der Waals surface area contributed by atoms with Gasteiger partial charge in [-0.1, -0.05) is 11.6 Å². The fourth-order valence-electron chi connectivity index (χ4n) is 7.54. The Morgan fingerprint density at radius 3 is 2.83 bits per heavy atom. The first-order valence-corrected chi connectivity index (χ1v) is 10.8. The van der Waals surface area contributed by atoms with Gasteiger partial charge in [-0.25, -0.2) is 0 Å². The molecule has 1 spiro atoms. The van der Waals surface area contributed by atoms with Crippen LogP contribution < -0.4 is 14.4 Å². The van der Waals surface area contributed by atoms with Gasteiger partial charge >= 0.3 is 0 Å². The van der Waals surface area contributed by atoms with Crippen molar-refractivity contribution in [2.75, 3.05) is 38.8 Å². The topological polar surface area (TPSA) is 62.2 Å². The van der Waals surface area contributed by atoms with Crippen molar-refractivity contribution < 1.29 is 19.4 Å². The average molecular weight is 396 g/mol. The average Bonchev–Trinajstić information content (AvgIpc) is 3.27. The summed E-state index contributed by atoms with van der Waals surface area (Å²) >= 11 is 0. The normalized spacial score (nSPS) is 38.2. The number of piperidine rings is 2. The molecule has 1 aliphatic carbocycles. The SMILES string of the molecule is COc1cc2c(cc1OC)[C@]13CCN4CC(=CCO)[C@H](C[C@H]41)[C@H]1CCC(=O)N2[C@@H]13. The highest BCUT2D eigenvalue weighted by Gasteiger charge is 2.69. The van der Waals surface area contributed by atoms with Crippen LogP contribution in [0.4, 0.5) is 5.69 Å². The largest absolute Gasteiger partial charge is 0.493 e. The summed E-state index contributed by atoms with van der Waals surface area (Å²) in [7, 11) is 3.34. The first-order chi connectivity index (χ1) is 14.1. The van der Waals surface area contributed by atoms with Gasteiger partial charge in [0.15, 0.2) is 11.5 Å². The Morgan fingerprint density at radius 1 is 1.28 bits per heavy atom. The van der Waals surface area contributed by atoms with Gasteiger partial charge in [-0.2, -0.15) is 0 Å². The highest BCUT2D eigenvalue weighted by molar-refractivity contribution is 5.99. The molecule has 0 aromatic heterocycles. The summed E-state index contributed by atoms with van der Waals surface area (Å²) in [6.45, 7) is 2.10. The second kappa shape index (κ2) is 5.99. The van der Waals surface area contributed by atoms with Crippen LogP contribution in [0, 0.1) is 11.8 Å². The predicted molar refractivity (Wildman–Crippen MR) is 108 cm³/mol. The summed E-state index contributed by atoms with van der Waals surface area (Å²) in [6, 6.07) is 4.82. The zero-order valence-electron chi connectivity index (χ0n) is 17.1. The van der Waals surface area contributed by atoms with E-state index in [2.05, 4.69) is 15.9 Å². The number of aliphatic hydroxyl groups excluding tert-OH is 1. The number of ether oxygens (including phenoxy) is 2. The molecule has 6 heteroatoms. The lowest BCUT2D eigenvalue weighted by Gasteiger charge is -2.57. The molecule has 1 saturated carbocycles. The lowest BCUT2D eigenvalue weighted by atomic mass is 9.54. The molecule has 1 aromatic carbocycles. The van der Waals surface area contributed by atoms with Crippen molar-refractivity contribution in [2.24, 2.45) is 11.8 Å². The van der Waals surface area contributed by atoms with Gasteiger partial charge < -0.3 is 19.5 Å². The van der Waals surface area contributed by atoms with Crippen molar-refractivity contribution in [3.05, 3.63) is 29.3 Å². The molecule has 4 aliphatic heterocycles. The Balaban J connectivity index is 1.59. The number of nitrogens with zero attached hydrogens (tertiary/aromatic N) is 2. The fraction of sp³-hybridized carbons (Fsp3) is 0.609. The van der Waals surface area contributed by atoms with Gasteiger partial charge in [0.1, 0.15) is 0 Å². The van der Waals surface area contributed by atoms with Crippen LogP contribution in [0.1, 0.15) is 31.2 Å². The number of aliphatic hydroxyl groups is 1. The zero-order chi connectivity index (χ0) is 19.9. The minimum Gasteiger partial charge on any atom is -0.493 e. The molecule has 0 unspecified atom stereocenters. The van der Waals surface area contributed by atoms with Crippen molar-refractivity contribution in [3.8, 4) is 11.5 Å². The number of hydrogen-bond donors (Lipinski definition) is 1. The molecule has 4 heterocycles. The molecular formula is C23H28N2O4. The van der Waals surface area contributed by atoms with Crippen LogP contribution in [0.3, 0.4) is 0 Å². The number of carbonyl (C=O) groups is 1. The van der Waals surface area contributed by atoms with Gasteiger partial charge in [0, 0.05) is 30.5 Å². The van der Waals surface area contributed by atoms with Gasteiger partial charge in [-0.15, -0.1) is 0 Å². The van der Waals surface area contributed by atoms with E-state index in [-0.39, 0.29) is 24.0 Å². The number of hydrogen-bond acceptors (Lipinski definition) is 5. The van der Waals surface area contributed by atoms with Gasteiger partial charge in [-0.3, -0.25) is 9.69 Å². The van der Waals surface area contributed by atoms with Crippen LogP contribution in [0.25, 0.3) is 0 Å². The second-order valence-electron chi connectivity index (χ2n) is 9.22. The molecule has 5 atom stereocenters. The molecule has 2 bridgehead atoms. The minimum absolute atomic E-state index is 0.0170. The smallest absolute Gasteiger partial charge is 0.227 e. The van der Waals surface area contributed by atoms with Crippen LogP contribution in [-0.2, 0) is 10.2 Å². The third kappa shape index (κ3) is 2.01. The monoisotopic (exact) mass is 396 g/mol. The van der Waals surface area contributed by atoms with Crippen molar-refractivity contribution in [1.82, 2.24) is 4.90 Å². The Bertz CT molecular complexity index is 928. The van der Waals surface area contributed by atoms with E-state index in [0.717, 1.165) is 43.8 Å². The molecule has 154 valence electrons. The van der Waals surface area contributed by atoms with Gasteiger partial charge in [0.25, 0.3) is 0 Å². The van der Waals surface area contributed by atoms with E-state index in [1.54, 1.807) is 14.2 Å². The standard InChI is InChI=1S/C23H28N2O4/c1-28-18-10-16-17(11-19(18)29-2)25-21(27)4-3-14-15-9-20-23(16,22(14)25)6-7-24(20)12-13(15)5-8-26/h5,10-11,14-15,20,22,26H,3-4,6-9,12H2,1-2H3/t14-,15+,20+,22+,23-/m1/s1. The summed E-state index contributed by atoms with van der Waals surface area (Å²) in [5, 5.41) is 9.61. The zero-order valence-corrected chi connectivity index (χ0v) is 17.1. The van der Waals surface area contributed by atoms with Gasteiger partial charge in [0.05, 0.1) is 32.6 Å². The van der Waals surface area contributed by atoms with Crippen molar-refractivity contribution in [3.63, 3.8) is 0 Å². The molecule has 0 radical (unpaired) electrons. The third-order valence-corrected chi connectivity index (χ3v) is 8.49. The molecule has 6 nitrogen and oxygen atoms in total. The lowest BCUT2D eigenvalue weighted by Crippen LogP contribution is -2.66. The van der Waals surface area contributed by atoms with E-state index >= 15 is 0 Å². The molecule has 29 heavy (non-hydrogen) atoms. The number of methoxy groups -OCH3 is 2. The summed E-state index contributed by atoms with van der Waals surface area (Å²) in [6.07, 6.45) is 5.78. The van der Waals surface area contributed by atoms with E-state index in [1.165, 1.54) is 11.1 Å². The van der Waals surface area contributed by atoms with Crippen LogP contribution >= 0.6 is 0 Å². The third-order valence-electron chi connectivity index (χ3n) is 8.49. The molecule has 3 saturated heterocycles. The maximum atomic E-state index is 13.2. The first-order valence-electron chi connectivity index (χ1n) is 10.8. The minimum atomic E-state index is -0.0170. The van der Waals surface area contributed by atoms with Crippen molar-refractivity contribution >= 4 is 11.6 Å². The van der Waals surface area contributed by atoms with Gasteiger partial charge in [-0.05, 0) is 49.3 Å². The number of anilines is 1. The second-order valence-corrected chi connectivity index (χ2v) is 9.22. The Kier molecular flexibility index (Phi) is 3.67. The molecule has 6 rings (SSSR count). The first kappa shape index (κ1) is 17.8. The number of amides is 1. The van der Waals surface area contributed by atoms with E-state index in [1.807, 2.05) is 12.1 Å². The van der Waals surface area contributed by atoms with E-state index in [9.17, 15) is 9.90 Å². The van der Waals surface area contributed by atoms with Gasteiger partial charge in [0.2, 0.25) is 5.91 Å². The molecule has 1 N–H and O–H groups in total. The van der Waals surface area contributed by atoms with Crippen LogP contribution in [0.5, 0.6) is 11.5 Å². The number of benzene rings is 1. The van der Waals surface area contributed by atoms with Crippen LogP contribution in [0.15, 0.2) is 23.8 Å².